The van der Waals surface area contributed by atoms with Crippen molar-refractivity contribution in [3.8, 4) is 5.75 Å². The maximum Gasteiger partial charge on any atom is 0.130 e. The molecular formula is C14H13Br2NO2. The smallest absolute Gasteiger partial charge is 0.130 e. The lowest BCUT2D eigenvalue weighted by Crippen LogP contribution is -2.02. The highest BCUT2D eigenvalue weighted by Crippen LogP contribution is 2.28. The lowest BCUT2D eigenvalue weighted by atomic mass is 10.1. The van der Waals surface area contributed by atoms with Gasteiger partial charge < -0.3 is 9.84 Å². The van der Waals surface area contributed by atoms with Gasteiger partial charge in [-0.15, -0.1) is 0 Å². The van der Waals surface area contributed by atoms with Crippen LogP contribution in [0, 0.1) is 6.92 Å². The van der Waals surface area contributed by atoms with Crippen LogP contribution in [0.5, 0.6) is 5.75 Å². The molecule has 2 rings (SSSR count). The second-order valence-electron chi connectivity index (χ2n) is 4.13. The van der Waals surface area contributed by atoms with E-state index < -0.39 is 0 Å². The van der Waals surface area contributed by atoms with Crippen LogP contribution in [0.25, 0.3) is 0 Å². The molecule has 19 heavy (non-hydrogen) atoms. The lowest BCUT2D eigenvalue weighted by molar-refractivity contribution is 0.256. The number of ether oxygens (including phenoxy) is 1. The van der Waals surface area contributed by atoms with Crippen LogP contribution in [-0.2, 0) is 13.2 Å². The maximum atomic E-state index is 9.38. The first-order valence-corrected chi connectivity index (χ1v) is 7.32. The molecule has 0 saturated heterocycles. The summed E-state index contributed by atoms with van der Waals surface area (Å²) in [6, 6.07) is 7.64. The van der Waals surface area contributed by atoms with Gasteiger partial charge in [0.15, 0.2) is 0 Å². The third-order valence-corrected chi connectivity index (χ3v) is 3.57. The summed E-state index contributed by atoms with van der Waals surface area (Å²) in [5.74, 6) is 0.718. The number of halogens is 2. The second-order valence-corrected chi connectivity index (χ2v) is 5.96. The Kier molecular flexibility index (Phi) is 4.96. The molecule has 0 aliphatic heterocycles. The quantitative estimate of drug-likeness (QED) is 0.863. The number of pyridine rings is 1. The Morgan fingerprint density at radius 3 is 2.63 bits per heavy atom. The molecule has 0 fully saturated rings. The zero-order valence-corrected chi connectivity index (χ0v) is 13.5. The van der Waals surface area contributed by atoms with Crippen LogP contribution in [0.1, 0.15) is 16.8 Å². The first kappa shape index (κ1) is 14.5. The van der Waals surface area contributed by atoms with Crippen LogP contribution in [-0.4, -0.2) is 10.1 Å². The van der Waals surface area contributed by atoms with Gasteiger partial charge in [-0.3, -0.25) is 4.98 Å². The number of rotatable bonds is 4. The molecule has 2 aromatic rings. The Balaban J connectivity index is 2.17. The van der Waals surface area contributed by atoms with E-state index >= 15 is 0 Å². The molecule has 0 radical (unpaired) electrons. The molecule has 1 aromatic heterocycles. The van der Waals surface area contributed by atoms with Crippen molar-refractivity contribution in [1.82, 2.24) is 4.98 Å². The second kappa shape index (κ2) is 6.50. The first-order chi connectivity index (χ1) is 9.10. The largest absolute Gasteiger partial charge is 0.487 e. The van der Waals surface area contributed by atoms with E-state index in [1.807, 2.05) is 31.2 Å². The van der Waals surface area contributed by atoms with Gasteiger partial charge in [-0.25, -0.2) is 0 Å². The molecule has 0 unspecified atom stereocenters. The van der Waals surface area contributed by atoms with E-state index in [1.54, 1.807) is 6.20 Å². The summed E-state index contributed by atoms with van der Waals surface area (Å²) < 4.78 is 7.65. The van der Waals surface area contributed by atoms with Crippen molar-refractivity contribution in [2.75, 3.05) is 0 Å². The van der Waals surface area contributed by atoms with Crippen LogP contribution < -0.4 is 4.74 Å². The van der Waals surface area contributed by atoms with Crippen molar-refractivity contribution in [1.29, 1.82) is 0 Å². The van der Waals surface area contributed by atoms with Crippen LogP contribution in [0.2, 0.25) is 0 Å². The normalized spacial score (nSPS) is 10.5. The Labute approximate surface area is 128 Å². The van der Waals surface area contributed by atoms with Gasteiger partial charge in [0.2, 0.25) is 0 Å². The van der Waals surface area contributed by atoms with Crippen LogP contribution in [0.4, 0.5) is 0 Å². The highest BCUT2D eigenvalue weighted by atomic mass is 79.9. The van der Waals surface area contributed by atoms with Crippen molar-refractivity contribution in [2.24, 2.45) is 0 Å². The monoisotopic (exact) mass is 385 g/mol. The third kappa shape index (κ3) is 3.78. The molecule has 100 valence electrons. The van der Waals surface area contributed by atoms with Crippen molar-refractivity contribution in [2.45, 2.75) is 20.1 Å². The maximum absolute atomic E-state index is 9.38. The molecule has 5 heteroatoms. The summed E-state index contributed by atoms with van der Waals surface area (Å²) >= 11 is 6.75. The number of aliphatic hydroxyl groups is 1. The average Bonchev–Trinajstić information content (AvgIpc) is 2.39. The lowest BCUT2D eigenvalue weighted by Gasteiger charge is -2.13. The molecule has 1 N–H and O–H groups in total. The molecule has 0 amide bonds. The zero-order valence-electron chi connectivity index (χ0n) is 10.4. The number of nitrogens with zero attached hydrogens (tertiary/aromatic N) is 1. The molecule has 0 saturated carbocycles. The standard InChI is InChI=1S/C14H13Br2NO2/c1-9-4-12(16)5-10(7-18)14(9)19-8-13-3-2-11(15)6-17-13/h2-6,18H,7-8H2,1H3. The topological polar surface area (TPSA) is 42.4 Å². The SMILES string of the molecule is Cc1cc(Br)cc(CO)c1OCc1ccc(Br)cn1. The predicted molar refractivity (Wildman–Crippen MR) is 81.1 cm³/mol. The van der Waals surface area contributed by atoms with Gasteiger partial charge in [-0.2, -0.15) is 0 Å². The van der Waals surface area contributed by atoms with Gasteiger partial charge in [0.25, 0.3) is 0 Å². The summed E-state index contributed by atoms with van der Waals surface area (Å²) in [5.41, 5.74) is 2.59. The van der Waals surface area contributed by atoms with E-state index in [1.165, 1.54) is 0 Å². The minimum absolute atomic E-state index is 0.0522. The molecule has 0 bridgehead atoms. The molecule has 0 atom stereocenters. The van der Waals surface area contributed by atoms with E-state index in [-0.39, 0.29) is 6.61 Å². The molecule has 1 aromatic carbocycles. The summed E-state index contributed by atoms with van der Waals surface area (Å²) in [7, 11) is 0. The Morgan fingerprint density at radius 1 is 1.21 bits per heavy atom. The predicted octanol–water partition coefficient (Wildman–Crippen LogP) is 3.99. The minimum Gasteiger partial charge on any atom is -0.487 e. The summed E-state index contributed by atoms with van der Waals surface area (Å²) in [6.07, 6.45) is 1.74. The van der Waals surface area contributed by atoms with Gasteiger partial charge in [-0.1, -0.05) is 15.9 Å². The molecule has 3 nitrogen and oxygen atoms in total. The van der Waals surface area contributed by atoms with E-state index in [2.05, 4.69) is 36.8 Å². The Morgan fingerprint density at radius 2 is 2.00 bits per heavy atom. The molecule has 0 spiro atoms. The highest BCUT2D eigenvalue weighted by Gasteiger charge is 2.09. The first-order valence-electron chi connectivity index (χ1n) is 5.73. The van der Waals surface area contributed by atoms with E-state index in [0.717, 1.165) is 31.5 Å². The molecule has 0 aliphatic rings. The summed E-state index contributed by atoms with van der Waals surface area (Å²) in [4.78, 5) is 4.25. The van der Waals surface area contributed by atoms with Crippen LogP contribution in [0.3, 0.4) is 0 Å². The number of aryl methyl sites for hydroxylation is 1. The highest BCUT2D eigenvalue weighted by molar-refractivity contribution is 9.10. The van der Waals surface area contributed by atoms with Gasteiger partial charge >= 0.3 is 0 Å². The number of hydrogen-bond donors (Lipinski definition) is 1. The third-order valence-electron chi connectivity index (χ3n) is 2.64. The fraction of sp³-hybridized carbons (Fsp3) is 0.214. The average molecular weight is 387 g/mol. The Hall–Kier alpha value is -0.910. The molecule has 1 heterocycles. The fourth-order valence-corrected chi connectivity index (χ4v) is 2.62. The van der Waals surface area contributed by atoms with Crippen molar-refractivity contribution < 1.29 is 9.84 Å². The van der Waals surface area contributed by atoms with Gasteiger partial charge in [0.05, 0.1) is 12.3 Å². The summed E-state index contributed by atoms with van der Waals surface area (Å²) in [5, 5.41) is 9.38. The fourth-order valence-electron chi connectivity index (χ4n) is 1.76. The van der Waals surface area contributed by atoms with Crippen molar-refractivity contribution >= 4 is 31.9 Å². The number of aliphatic hydroxyl groups excluding tert-OH is 1. The molecular weight excluding hydrogens is 374 g/mol. The van der Waals surface area contributed by atoms with E-state index in [9.17, 15) is 5.11 Å². The number of aromatic nitrogens is 1. The summed E-state index contributed by atoms with van der Waals surface area (Å²) in [6.45, 7) is 2.28. The van der Waals surface area contributed by atoms with E-state index in [4.69, 9.17) is 4.74 Å². The van der Waals surface area contributed by atoms with E-state index in [0.29, 0.717) is 6.61 Å². The number of hydrogen-bond acceptors (Lipinski definition) is 3. The van der Waals surface area contributed by atoms with Gasteiger partial charge in [-0.05, 0) is 52.7 Å². The van der Waals surface area contributed by atoms with Crippen LogP contribution >= 0.6 is 31.9 Å². The number of benzene rings is 1. The zero-order chi connectivity index (χ0) is 13.8. The van der Waals surface area contributed by atoms with Gasteiger partial charge in [0.1, 0.15) is 12.4 Å². The van der Waals surface area contributed by atoms with Crippen molar-refractivity contribution in [3.05, 3.63) is 56.2 Å². The molecule has 0 aliphatic carbocycles. The van der Waals surface area contributed by atoms with Gasteiger partial charge in [0, 0.05) is 20.7 Å². The Bertz CT molecular complexity index is 570. The van der Waals surface area contributed by atoms with Crippen molar-refractivity contribution in [3.63, 3.8) is 0 Å². The van der Waals surface area contributed by atoms with Crippen LogP contribution in [0.15, 0.2) is 39.4 Å². The minimum atomic E-state index is -0.0522.